The maximum Gasteiger partial charge on any atom is 0.162 e. The van der Waals surface area contributed by atoms with Gasteiger partial charge in [-0.25, -0.2) is 4.98 Å². The van der Waals surface area contributed by atoms with E-state index in [1.54, 1.807) is 17.6 Å². The van der Waals surface area contributed by atoms with Gasteiger partial charge in [-0.15, -0.1) is 11.3 Å². The first kappa shape index (κ1) is 9.12. The van der Waals surface area contributed by atoms with Crippen LogP contribution in [0.4, 0.5) is 0 Å². The van der Waals surface area contributed by atoms with Crippen LogP contribution in [0.25, 0.3) is 10.8 Å². The number of aryl methyl sites for hydroxylation is 1. The molecule has 2 N–H and O–H groups in total. The summed E-state index contributed by atoms with van der Waals surface area (Å²) >= 11 is 1.74. The van der Waals surface area contributed by atoms with Crippen LogP contribution in [0, 0.1) is 0 Å². The normalized spacial score (nSPS) is 19.4. The number of furan rings is 1. The van der Waals surface area contributed by atoms with E-state index in [2.05, 4.69) is 4.98 Å². The number of hydrogen-bond acceptors (Lipinski definition) is 4. The van der Waals surface area contributed by atoms with Crippen LogP contribution in [0.2, 0.25) is 0 Å². The highest BCUT2D eigenvalue weighted by Crippen LogP contribution is 2.39. The topological polar surface area (TPSA) is 52.0 Å². The Balaban J connectivity index is 2.01. The molecule has 15 heavy (non-hydrogen) atoms. The molecule has 0 saturated carbocycles. The Morgan fingerprint density at radius 2 is 2.53 bits per heavy atom. The number of thiazole rings is 1. The highest BCUT2D eigenvalue weighted by molar-refractivity contribution is 7.15. The fraction of sp³-hybridized carbons (Fsp3) is 0.364. The van der Waals surface area contributed by atoms with Crippen LogP contribution < -0.4 is 5.73 Å². The molecule has 0 aliphatic heterocycles. The van der Waals surface area contributed by atoms with Gasteiger partial charge >= 0.3 is 0 Å². The van der Waals surface area contributed by atoms with Gasteiger partial charge in [0.05, 0.1) is 12.0 Å². The standard InChI is InChI=1S/C11H12N2OS/c12-6-7-3-4-9-10(7)13-11(15-9)8-2-1-5-14-8/h1-2,5,7H,3-4,6,12H2. The summed E-state index contributed by atoms with van der Waals surface area (Å²) in [6.45, 7) is 0.703. The van der Waals surface area contributed by atoms with Crippen LogP contribution >= 0.6 is 11.3 Å². The van der Waals surface area contributed by atoms with Gasteiger partial charge in [0.25, 0.3) is 0 Å². The van der Waals surface area contributed by atoms with E-state index in [1.807, 2.05) is 12.1 Å². The first-order chi connectivity index (χ1) is 7.38. The van der Waals surface area contributed by atoms with Gasteiger partial charge in [-0.1, -0.05) is 0 Å². The first-order valence-corrected chi connectivity index (χ1v) is 5.93. The minimum Gasteiger partial charge on any atom is -0.462 e. The summed E-state index contributed by atoms with van der Waals surface area (Å²) in [5.41, 5.74) is 6.92. The summed E-state index contributed by atoms with van der Waals surface area (Å²) in [4.78, 5) is 6.02. The molecule has 2 aromatic heterocycles. The molecule has 1 aliphatic carbocycles. The Bertz CT molecular complexity index is 461. The summed E-state index contributed by atoms with van der Waals surface area (Å²) < 4.78 is 5.34. The van der Waals surface area contributed by atoms with Gasteiger partial charge in [0.2, 0.25) is 0 Å². The third-order valence-corrected chi connectivity index (χ3v) is 4.00. The van der Waals surface area contributed by atoms with Crippen LogP contribution in [-0.4, -0.2) is 11.5 Å². The molecule has 78 valence electrons. The third-order valence-electron chi connectivity index (χ3n) is 2.85. The minimum atomic E-state index is 0.458. The van der Waals surface area contributed by atoms with Gasteiger partial charge in [-0.3, -0.25) is 0 Å². The van der Waals surface area contributed by atoms with E-state index < -0.39 is 0 Å². The van der Waals surface area contributed by atoms with E-state index in [-0.39, 0.29) is 0 Å². The van der Waals surface area contributed by atoms with E-state index in [1.165, 1.54) is 10.6 Å². The van der Waals surface area contributed by atoms with Crippen molar-refractivity contribution in [3.05, 3.63) is 29.0 Å². The molecule has 0 saturated heterocycles. The number of aromatic nitrogens is 1. The van der Waals surface area contributed by atoms with Crippen molar-refractivity contribution in [2.45, 2.75) is 18.8 Å². The average Bonchev–Trinajstić information content (AvgIpc) is 2.93. The monoisotopic (exact) mass is 220 g/mol. The van der Waals surface area contributed by atoms with Gasteiger partial charge in [0.15, 0.2) is 10.8 Å². The molecule has 0 bridgehead atoms. The van der Waals surface area contributed by atoms with E-state index in [0.717, 1.165) is 23.6 Å². The molecule has 1 aliphatic rings. The lowest BCUT2D eigenvalue weighted by Gasteiger charge is -2.02. The third kappa shape index (κ3) is 1.41. The Morgan fingerprint density at radius 1 is 1.60 bits per heavy atom. The van der Waals surface area contributed by atoms with Crippen molar-refractivity contribution in [1.29, 1.82) is 0 Å². The minimum absolute atomic E-state index is 0.458. The van der Waals surface area contributed by atoms with Crippen LogP contribution in [0.1, 0.15) is 22.9 Å². The Morgan fingerprint density at radius 3 is 3.27 bits per heavy atom. The molecule has 0 spiro atoms. The Hall–Kier alpha value is -1.13. The summed E-state index contributed by atoms with van der Waals surface area (Å²) in [6, 6.07) is 3.84. The Labute approximate surface area is 91.9 Å². The second-order valence-corrected chi connectivity index (χ2v) is 4.86. The summed E-state index contributed by atoms with van der Waals surface area (Å²) in [7, 11) is 0. The van der Waals surface area contributed by atoms with E-state index >= 15 is 0 Å². The molecule has 0 aromatic carbocycles. The van der Waals surface area contributed by atoms with Crippen molar-refractivity contribution < 1.29 is 4.42 Å². The lowest BCUT2D eigenvalue weighted by molar-refractivity contribution is 0.581. The average molecular weight is 220 g/mol. The summed E-state index contributed by atoms with van der Waals surface area (Å²) in [5.74, 6) is 1.32. The quantitative estimate of drug-likeness (QED) is 0.845. The number of nitrogens with two attached hydrogens (primary N) is 1. The molecule has 0 amide bonds. The van der Waals surface area contributed by atoms with E-state index in [0.29, 0.717) is 12.5 Å². The number of nitrogens with zero attached hydrogens (tertiary/aromatic N) is 1. The molecule has 3 nitrogen and oxygen atoms in total. The van der Waals surface area contributed by atoms with E-state index in [4.69, 9.17) is 10.2 Å². The van der Waals surface area contributed by atoms with Gasteiger partial charge < -0.3 is 10.2 Å². The van der Waals surface area contributed by atoms with Crippen LogP contribution in [0.3, 0.4) is 0 Å². The molecule has 2 heterocycles. The van der Waals surface area contributed by atoms with Gasteiger partial charge in [-0.05, 0) is 25.0 Å². The highest BCUT2D eigenvalue weighted by atomic mass is 32.1. The van der Waals surface area contributed by atoms with Crippen molar-refractivity contribution >= 4 is 11.3 Å². The molecule has 2 aromatic rings. The molecular weight excluding hydrogens is 208 g/mol. The van der Waals surface area contributed by atoms with E-state index in [9.17, 15) is 0 Å². The zero-order valence-corrected chi connectivity index (χ0v) is 9.09. The van der Waals surface area contributed by atoms with Crippen molar-refractivity contribution in [2.75, 3.05) is 6.54 Å². The molecule has 1 unspecified atom stereocenters. The van der Waals surface area contributed by atoms with Crippen molar-refractivity contribution in [1.82, 2.24) is 4.98 Å². The smallest absolute Gasteiger partial charge is 0.162 e. The van der Waals surface area contributed by atoms with Crippen LogP contribution in [0.5, 0.6) is 0 Å². The maximum absolute atomic E-state index is 5.72. The lowest BCUT2D eigenvalue weighted by atomic mass is 10.1. The molecule has 4 heteroatoms. The number of rotatable bonds is 2. The highest BCUT2D eigenvalue weighted by Gasteiger charge is 2.26. The largest absolute Gasteiger partial charge is 0.462 e. The molecule has 1 atom stereocenters. The van der Waals surface area contributed by atoms with Crippen LogP contribution in [-0.2, 0) is 6.42 Å². The molecule has 0 fully saturated rings. The molecule has 0 radical (unpaired) electrons. The van der Waals surface area contributed by atoms with Gasteiger partial charge in [0, 0.05) is 17.3 Å². The van der Waals surface area contributed by atoms with Gasteiger partial charge in [0.1, 0.15) is 0 Å². The van der Waals surface area contributed by atoms with Crippen molar-refractivity contribution in [2.24, 2.45) is 5.73 Å². The summed E-state index contributed by atoms with van der Waals surface area (Å²) in [6.07, 6.45) is 3.96. The fourth-order valence-corrected chi connectivity index (χ4v) is 3.17. The predicted octanol–water partition coefficient (Wildman–Crippen LogP) is 2.39. The molecule has 3 rings (SSSR count). The number of fused-ring (bicyclic) bond motifs is 1. The van der Waals surface area contributed by atoms with Gasteiger partial charge in [-0.2, -0.15) is 0 Å². The zero-order chi connectivity index (χ0) is 10.3. The van der Waals surface area contributed by atoms with Crippen molar-refractivity contribution in [3.63, 3.8) is 0 Å². The maximum atomic E-state index is 5.72. The second-order valence-electron chi connectivity index (χ2n) is 3.78. The van der Waals surface area contributed by atoms with Crippen molar-refractivity contribution in [3.8, 4) is 10.8 Å². The lowest BCUT2D eigenvalue weighted by Crippen LogP contribution is -2.09. The fourth-order valence-electron chi connectivity index (χ4n) is 2.04. The SMILES string of the molecule is NCC1CCc2sc(-c3ccco3)nc21. The van der Waals surface area contributed by atoms with Crippen LogP contribution in [0.15, 0.2) is 22.8 Å². The predicted molar refractivity (Wildman–Crippen MR) is 59.9 cm³/mol. The Kier molecular flexibility index (Phi) is 2.11. The summed E-state index contributed by atoms with van der Waals surface area (Å²) in [5, 5.41) is 0.989. The first-order valence-electron chi connectivity index (χ1n) is 5.12. The second kappa shape index (κ2) is 3.47. The molecular formula is C11H12N2OS. The zero-order valence-electron chi connectivity index (χ0n) is 8.27. The number of hydrogen-bond donors (Lipinski definition) is 1.